The van der Waals surface area contributed by atoms with E-state index in [-0.39, 0.29) is 29.2 Å². The first-order valence-electron chi connectivity index (χ1n) is 12.9. The van der Waals surface area contributed by atoms with E-state index in [4.69, 9.17) is 14.2 Å². The number of carbonyl (C=O) groups excluding carboxylic acids is 1. The van der Waals surface area contributed by atoms with Crippen molar-refractivity contribution >= 4 is 21.6 Å². The number of methoxy groups -OCH3 is 2. The lowest BCUT2D eigenvalue weighted by Gasteiger charge is -2.25. The molecule has 0 aliphatic heterocycles. The maximum Gasteiger partial charge on any atom is 0.264 e. The van der Waals surface area contributed by atoms with Gasteiger partial charge < -0.3 is 19.5 Å². The molecule has 0 unspecified atom stereocenters. The largest absolute Gasteiger partial charge is 0.493 e. The third kappa shape index (κ3) is 8.13. The topological polar surface area (TPSA) is 94.2 Å². The van der Waals surface area contributed by atoms with E-state index in [1.165, 1.54) is 32.4 Å². The van der Waals surface area contributed by atoms with Crippen molar-refractivity contribution in [2.75, 3.05) is 31.6 Å². The number of benzene rings is 3. The molecule has 1 amide bonds. The van der Waals surface area contributed by atoms with Crippen molar-refractivity contribution in [1.29, 1.82) is 0 Å². The highest BCUT2D eigenvalue weighted by Gasteiger charge is 2.28. The maximum absolute atomic E-state index is 13.8. The molecule has 0 aliphatic rings. The normalized spacial score (nSPS) is 11.3. The Morgan fingerprint density at radius 3 is 2.13 bits per heavy atom. The van der Waals surface area contributed by atoms with Crippen molar-refractivity contribution in [3.8, 4) is 17.2 Å². The first-order chi connectivity index (χ1) is 18.5. The van der Waals surface area contributed by atoms with Gasteiger partial charge in [0.1, 0.15) is 12.3 Å². The smallest absolute Gasteiger partial charge is 0.264 e. The summed E-state index contributed by atoms with van der Waals surface area (Å²) in [4.78, 5) is 13.0. The van der Waals surface area contributed by atoms with Gasteiger partial charge in [-0.15, -0.1) is 0 Å². The summed E-state index contributed by atoms with van der Waals surface area (Å²) < 4.78 is 45.0. The van der Waals surface area contributed by atoms with Gasteiger partial charge in [-0.3, -0.25) is 9.10 Å². The number of sulfonamides is 1. The van der Waals surface area contributed by atoms with Crippen LogP contribution in [-0.2, 0) is 21.2 Å². The van der Waals surface area contributed by atoms with Gasteiger partial charge in [0.15, 0.2) is 11.5 Å². The minimum Gasteiger partial charge on any atom is -0.493 e. The summed E-state index contributed by atoms with van der Waals surface area (Å²) >= 11 is 0. The molecule has 3 rings (SSSR count). The monoisotopic (exact) mass is 554 g/mol. The maximum atomic E-state index is 13.8. The van der Waals surface area contributed by atoms with Crippen LogP contribution >= 0.6 is 0 Å². The number of ether oxygens (including phenoxy) is 3. The summed E-state index contributed by atoms with van der Waals surface area (Å²) in [7, 11) is -1.18. The minimum atomic E-state index is -4.10. The Kier molecular flexibility index (Phi) is 10.2. The summed E-state index contributed by atoms with van der Waals surface area (Å²) in [6, 6.07) is 17.7. The highest BCUT2D eigenvalue weighted by molar-refractivity contribution is 7.92. The van der Waals surface area contributed by atoms with Crippen LogP contribution in [0.5, 0.6) is 17.2 Å². The van der Waals surface area contributed by atoms with Crippen molar-refractivity contribution < 1.29 is 27.4 Å². The van der Waals surface area contributed by atoms with E-state index in [9.17, 15) is 13.2 Å². The van der Waals surface area contributed by atoms with Gasteiger partial charge >= 0.3 is 0 Å². The molecule has 0 fully saturated rings. The first kappa shape index (κ1) is 29.8. The molecule has 3 aromatic rings. The molecule has 3 aromatic carbocycles. The Labute approximate surface area is 231 Å². The van der Waals surface area contributed by atoms with E-state index in [2.05, 4.69) is 5.32 Å². The molecule has 0 saturated carbocycles. The van der Waals surface area contributed by atoms with Crippen molar-refractivity contribution in [3.63, 3.8) is 0 Å². The lowest BCUT2D eigenvalue weighted by atomic mass is 10.1. The highest BCUT2D eigenvalue weighted by Crippen LogP contribution is 2.32. The van der Waals surface area contributed by atoms with Gasteiger partial charge in [-0.25, -0.2) is 8.42 Å². The second-order valence-corrected chi connectivity index (χ2v) is 11.5. The van der Waals surface area contributed by atoms with Gasteiger partial charge in [0.2, 0.25) is 5.91 Å². The molecule has 0 spiro atoms. The molecule has 0 atom stereocenters. The summed E-state index contributed by atoms with van der Waals surface area (Å²) in [5.74, 6) is 1.13. The molecule has 0 radical (unpaired) electrons. The minimum absolute atomic E-state index is 0.00278. The van der Waals surface area contributed by atoms with E-state index < -0.39 is 10.0 Å². The number of aryl methyl sites for hydroxylation is 3. The molecule has 0 aromatic heterocycles. The molecule has 9 heteroatoms. The van der Waals surface area contributed by atoms with Crippen molar-refractivity contribution in [1.82, 2.24) is 5.32 Å². The van der Waals surface area contributed by atoms with Crippen LogP contribution in [0.25, 0.3) is 0 Å². The quantitative estimate of drug-likeness (QED) is 0.297. The zero-order valence-electron chi connectivity index (χ0n) is 23.5. The van der Waals surface area contributed by atoms with Gasteiger partial charge in [-0.05, 0) is 93.6 Å². The predicted molar refractivity (Wildman–Crippen MR) is 154 cm³/mol. The van der Waals surface area contributed by atoms with Crippen molar-refractivity contribution in [3.05, 3.63) is 77.4 Å². The number of nitrogens with zero attached hydrogens (tertiary/aromatic N) is 1. The summed E-state index contributed by atoms with van der Waals surface area (Å²) in [5.41, 5.74) is 3.33. The van der Waals surface area contributed by atoms with Crippen LogP contribution in [0.15, 0.2) is 65.6 Å². The Bertz CT molecular complexity index is 1350. The van der Waals surface area contributed by atoms with Crippen LogP contribution in [0.4, 0.5) is 5.69 Å². The van der Waals surface area contributed by atoms with Crippen LogP contribution in [-0.4, -0.2) is 47.7 Å². The molecule has 8 nitrogen and oxygen atoms in total. The molecule has 210 valence electrons. The molecule has 0 bridgehead atoms. The van der Waals surface area contributed by atoms with Gasteiger partial charge in [0, 0.05) is 12.6 Å². The van der Waals surface area contributed by atoms with Crippen LogP contribution in [0.1, 0.15) is 37.0 Å². The van der Waals surface area contributed by atoms with Gasteiger partial charge in [-0.1, -0.05) is 18.2 Å². The highest BCUT2D eigenvalue weighted by atomic mass is 32.2. The lowest BCUT2D eigenvalue weighted by Crippen LogP contribution is -2.41. The molecular formula is C30H38N2O6S. The number of carbonyl (C=O) groups is 1. The fourth-order valence-electron chi connectivity index (χ4n) is 4.23. The molecule has 0 aliphatic carbocycles. The number of rotatable bonds is 13. The van der Waals surface area contributed by atoms with Crippen molar-refractivity contribution in [2.24, 2.45) is 0 Å². The summed E-state index contributed by atoms with van der Waals surface area (Å²) in [6.07, 6.45) is 1.60. The number of nitrogens with one attached hydrogen (secondary N) is 1. The SMILES string of the molecule is COc1ccc(S(=O)(=O)N(CC(=O)NCCCc2ccc(OC(C)C)cc2)c2cc(C)cc(C)c2)cc1OC. The fraction of sp³-hybridized carbons (Fsp3) is 0.367. The van der Waals surface area contributed by atoms with Crippen molar-refractivity contribution in [2.45, 2.75) is 51.5 Å². The fourth-order valence-corrected chi connectivity index (χ4v) is 5.65. The standard InChI is InChI=1S/C30H38N2O6S/c1-21(2)38-26-11-9-24(10-12-26)8-7-15-31-30(33)20-32(25-17-22(3)16-23(4)18-25)39(34,35)27-13-14-28(36-5)29(19-27)37-6/h9-14,16-19,21H,7-8,15,20H2,1-6H3,(H,31,33). The Morgan fingerprint density at radius 2 is 1.54 bits per heavy atom. The average Bonchev–Trinajstić information content (AvgIpc) is 2.89. The lowest BCUT2D eigenvalue weighted by molar-refractivity contribution is -0.119. The van der Waals surface area contributed by atoms with Crippen LogP contribution in [0, 0.1) is 13.8 Å². The summed E-state index contributed by atoms with van der Waals surface area (Å²) in [5, 5.41) is 2.87. The number of anilines is 1. The van der Waals surface area contributed by atoms with Gasteiger partial charge in [0.25, 0.3) is 10.0 Å². The Balaban J connectivity index is 1.73. The van der Waals surface area contributed by atoms with E-state index >= 15 is 0 Å². The van der Waals surface area contributed by atoms with E-state index in [0.29, 0.717) is 24.4 Å². The average molecular weight is 555 g/mol. The van der Waals surface area contributed by atoms with E-state index in [1.54, 1.807) is 12.1 Å². The zero-order chi connectivity index (χ0) is 28.6. The number of hydrogen-bond donors (Lipinski definition) is 1. The summed E-state index contributed by atoms with van der Waals surface area (Å²) in [6.45, 7) is 7.80. The predicted octanol–water partition coefficient (Wildman–Crippen LogP) is 5.05. The second-order valence-electron chi connectivity index (χ2n) is 9.64. The zero-order valence-corrected chi connectivity index (χ0v) is 24.3. The van der Waals surface area contributed by atoms with Gasteiger partial charge in [-0.2, -0.15) is 0 Å². The first-order valence-corrected chi connectivity index (χ1v) is 14.3. The Morgan fingerprint density at radius 1 is 0.897 bits per heavy atom. The Hall–Kier alpha value is -3.72. The number of amides is 1. The van der Waals surface area contributed by atoms with Crippen LogP contribution in [0.2, 0.25) is 0 Å². The van der Waals surface area contributed by atoms with Crippen LogP contribution in [0.3, 0.4) is 0 Å². The van der Waals surface area contributed by atoms with Gasteiger partial charge in [0.05, 0.1) is 30.9 Å². The number of hydrogen-bond acceptors (Lipinski definition) is 6. The third-order valence-corrected chi connectivity index (χ3v) is 7.75. The van der Waals surface area contributed by atoms with E-state index in [1.807, 2.05) is 58.0 Å². The second kappa shape index (κ2) is 13.4. The van der Waals surface area contributed by atoms with E-state index in [0.717, 1.165) is 33.2 Å². The van der Waals surface area contributed by atoms with Crippen LogP contribution < -0.4 is 23.8 Å². The molecule has 1 N–H and O–H groups in total. The molecule has 0 heterocycles. The molecular weight excluding hydrogens is 516 g/mol. The molecule has 39 heavy (non-hydrogen) atoms. The third-order valence-electron chi connectivity index (χ3n) is 5.98. The molecule has 0 saturated heterocycles.